The average molecular weight is 381 g/mol. The Labute approximate surface area is 157 Å². The predicted octanol–water partition coefficient (Wildman–Crippen LogP) is 1.41. The first-order valence-electron chi connectivity index (χ1n) is 7.71. The van der Waals surface area contributed by atoms with Crippen LogP contribution in [0.1, 0.15) is 28.3 Å². The Balaban J connectivity index is 2.38. The fraction of sp³-hybridized carbons (Fsp3) is 0.125. The van der Waals surface area contributed by atoms with Crippen LogP contribution in [0.2, 0.25) is 0 Å². The van der Waals surface area contributed by atoms with Crippen LogP contribution in [-0.2, 0) is 0 Å². The molecule has 12 heteroatoms. The molecule has 0 saturated heterocycles. The van der Waals surface area contributed by atoms with Crippen molar-refractivity contribution in [2.45, 2.75) is 13.0 Å². The van der Waals surface area contributed by atoms with Gasteiger partial charge >= 0.3 is 0 Å². The fourth-order valence-electron chi connectivity index (χ4n) is 2.95. The lowest BCUT2D eigenvalue weighted by Gasteiger charge is -2.26. The van der Waals surface area contributed by atoms with Crippen molar-refractivity contribution in [2.75, 3.05) is 16.8 Å². The molecule has 6 N–H and O–H groups in total. The summed E-state index contributed by atoms with van der Waals surface area (Å²) in [6, 6.07) is 2.77. The molecule has 2 aromatic rings. The normalized spacial score (nSPS) is 14.7. The van der Waals surface area contributed by atoms with Crippen LogP contribution in [0.15, 0.2) is 17.1 Å². The molecule has 0 bridgehead atoms. The van der Waals surface area contributed by atoms with E-state index >= 15 is 0 Å². The van der Waals surface area contributed by atoms with Gasteiger partial charge < -0.3 is 16.8 Å². The topological polar surface area (TPSA) is 192 Å². The number of nitriles is 2. The minimum Gasteiger partial charge on any atom is -0.397 e. The summed E-state index contributed by atoms with van der Waals surface area (Å²) in [6.07, 6.45) is 1.64. The third-order valence-electron chi connectivity index (χ3n) is 4.08. The number of hydrogen-bond donors (Lipinski definition) is 4. The number of anilines is 3. The van der Waals surface area contributed by atoms with Crippen molar-refractivity contribution in [1.82, 2.24) is 10.3 Å². The molecular weight excluding hydrogens is 369 g/mol. The van der Waals surface area contributed by atoms with E-state index in [0.717, 1.165) is 6.07 Å². The van der Waals surface area contributed by atoms with Gasteiger partial charge in [0.25, 0.3) is 5.69 Å². The second kappa shape index (κ2) is 6.69. The molecule has 1 aromatic carbocycles. The van der Waals surface area contributed by atoms with E-state index in [1.54, 1.807) is 12.3 Å². The van der Waals surface area contributed by atoms with Gasteiger partial charge in [-0.3, -0.25) is 15.4 Å². The van der Waals surface area contributed by atoms with E-state index in [9.17, 15) is 19.8 Å². The molecule has 2 heterocycles. The number of aryl methyl sites for hydroxylation is 1. The molecule has 1 aromatic heterocycles. The Morgan fingerprint density at radius 2 is 2.07 bits per heavy atom. The van der Waals surface area contributed by atoms with Crippen LogP contribution in [0.5, 0.6) is 0 Å². The standard InChI is InChI=1S/C16H12FN9O2/c1-6-2-8(17)10(9(3-6)26(27)28)13-11-12(20)7(4-18)14(21)24-15(11)25-16(23-13)22-5-19/h2-3,13H,1H3,(H6,20,21,22,23,24,25). The van der Waals surface area contributed by atoms with Crippen molar-refractivity contribution in [3.8, 4) is 12.3 Å². The van der Waals surface area contributed by atoms with Crippen molar-refractivity contribution < 1.29 is 9.31 Å². The van der Waals surface area contributed by atoms with Gasteiger partial charge in [-0.15, -0.1) is 0 Å². The summed E-state index contributed by atoms with van der Waals surface area (Å²) < 4.78 is 14.8. The first kappa shape index (κ1) is 18.3. The summed E-state index contributed by atoms with van der Waals surface area (Å²) in [5.74, 6) is -1.22. The number of hydrogen-bond acceptors (Lipinski definition) is 10. The molecule has 1 aliphatic rings. The minimum absolute atomic E-state index is 0.000947. The number of nitrogens with zero attached hydrogens (tertiary/aromatic N) is 5. The monoisotopic (exact) mass is 381 g/mol. The van der Waals surface area contributed by atoms with E-state index in [1.165, 1.54) is 13.0 Å². The Hall–Kier alpha value is -4.45. The number of pyridine rings is 1. The number of benzene rings is 1. The highest BCUT2D eigenvalue weighted by Gasteiger charge is 2.35. The number of fused-ring (bicyclic) bond motifs is 1. The maximum atomic E-state index is 14.8. The van der Waals surface area contributed by atoms with E-state index < -0.39 is 22.5 Å². The number of aliphatic imine (C=N–C) groups is 1. The quantitative estimate of drug-likeness (QED) is 0.257. The smallest absolute Gasteiger partial charge is 0.278 e. The zero-order valence-corrected chi connectivity index (χ0v) is 14.3. The molecule has 0 saturated carbocycles. The third-order valence-corrected chi connectivity index (χ3v) is 4.08. The number of aromatic nitrogens is 1. The second-order valence-electron chi connectivity index (χ2n) is 5.84. The van der Waals surface area contributed by atoms with Crippen LogP contribution in [0.3, 0.4) is 0 Å². The molecule has 0 amide bonds. The van der Waals surface area contributed by atoms with Crippen molar-refractivity contribution in [3.05, 3.63) is 50.3 Å². The molecule has 0 spiro atoms. The summed E-state index contributed by atoms with van der Waals surface area (Å²) in [7, 11) is 0. The van der Waals surface area contributed by atoms with Crippen molar-refractivity contribution in [3.63, 3.8) is 0 Å². The largest absolute Gasteiger partial charge is 0.397 e. The van der Waals surface area contributed by atoms with Gasteiger partial charge in [-0.25, -0.2) is 14.4 Å². The number of nitro groups is 1. The number of nitrogens with one attached hydrogen (secondary N) is 2. The van der Waals surface area contributed by atoms with Crippen LogP contribution < -0.4 is 22.1 Å². The summed E-state index contributed by atoms with van der Waals surface area (Å²) in [5, 5.41) is 34.6. The van der Waals surface area contributed by atoms with Gasteiger partial charge in [-0.2, -0.15) is 10.5 Å². The Morgan fingerprint density at radius 3 is 2.68 bits per heavy atom. The Morgan fingerprint density at radius 1 is 1.36 bits per heavy atom. The van der Waals surface area contributed by atoms with Gasteiger partial charge in [0.2, 0.25) is 5.96 Å². The van der Waals surface area contributed by atoms with Crippen LogP contribution in [-0.4, -0.2) is 15.9 Å². The van der Waals surface area contributed by atoms with Crippen molar-refractivity contribution in [1.29, 1.82) is 10.5 Å². The van der Waals surface area contributed by atoms with Crippen LogP contribution in [0, 0.1) is 45.6 Å². The number of nitro benzene ring substituents is 1. The van der Waals surface area contributed by atoms with E-state index in [1.807, 2.05) is 0 Å². The average Bonchev–Trinajstić information content (AvgIpc) is 2.60. The van der Waals surface area contributed by atoms with Crippen LogP contribution in [0.4, 0.5) is 27.4 Å². The van der Waals surface area contributed by atoms with Crippen LogP contribution in [0.25, 0.3) is 0 Å². The highest BCUT2D eigenvalue weighted by molar-refractivity contribution is 5.98. The summed E-state index contributed by atoms with van der Waals surface area (Å²) in [4.78, 5) is 19.0. The highest BCUT2D eigenvalue weighted by Crippen LogP contribution is 2.44. The maximum absolute atomic E-state index is 14.8. The predicted molar refractivity (Wildman–Crippen MR) is 97.2 cm³/mol. The molecule has 11 nitrogen and oxygen atoms in total. The molecule has 1 unspecified atom stereocenters. The second-order valence-corrected chi connectivity index (χ2v) is 5.84. The molecule has 28 heavy (non-hydrogen) atoms. The lowest BCUT2D eigenvalue weighted by molar-refractivity contribution is -0.385. The lowest BCUT2D eigenvalue weighted by atomic mass is 9.93. The number of nitrogen functional groups attached to an aromatic ring is 2. The zero-order chi connectivity index (χ0) is 20.6. The third kappa shape index (κ3) is 2.85. The fourth-order valence-corrected chi connectivity index (χ4v) is 2.95. The molecule has 0 aliphatic carbocycles. The molecule has 0 radical (unpaired) electrons. The van der Waals surface area contributed by atoms with Crippen molar-refractivity contribution in [2.24, 2.45) is 4.99 Å². The molecule has 1 atom stereocenters. The first-order valence-corrected chi connectivity index (χ1v) is 7.71. The maximum Gasteiger partial charge on any atom is 0.278 e. The van der Waals surface area contributed by atoms with Gasteiger partial charge in [0.15, 0.2) is 6.19 Å². The van der Waals surface area contributed by atoms with Crippen LogP contribution >= 0.6 is 0 Å². The number of halogens is 1. The molecule has 1 aliphatic heterocycles. The van der Waals surface area contributed by atoms with Gasteiger partial charge in [-0.05, 0) is 18.6 Å². The van der Waals surface area contributed by atoms with Gasteiger partial charge in [0.05, 0.1) is 16.2 Å². The van der Waals surface area contributed by atoms with Gasteiger partial charge in [-0.1, -0.05) is 0 Å². The number of guanidine groups is 1. The minimum atomic E-state index is -1.34. The van der Waals surface area contributed by atoms with E-state index in [0.29, 0.717) is 5.56 Å². The summed E-state index contributed by atoms with van der Waals surface area (Å²) in [5.41, 5.74) is 10.9. The summed E-state index contributed by atoms with van der Waals surface area (Å²) in [6.45, 7) is 1.51. The number of nitrogens with two attached hydrogens (primary N) is 2. The van der Waals surface area contributed by atoms with E-state index in [4.69, 9.17) is 16.7 Å². The molecule has 3 rings (SSSR count). The first-order chi connectivity index (χ1) is 13.3. The molecule has 0 fully saturated rings. The highest BCUT2D eigenvalue weighted by atomic mass is 19.1. The van der Waals surface area contributed by atoms with Gasteiger partial charge in [0, 0.05) is 11.6 Å². The number of rotatable bonds is 2. The van der Waals surface area contributed by atoms with E-state index in [2.05, 4.69) is 20.6 Å². The Kier molecular flexibility index (Phi) is 4.39. The summed E-state index contributed by atoms with van der Waals surface area (Å²) >= 11 is 0. The van der Waals surface area contributed by atoms with E-state index in [-0.39, 0.29) is 40.0 Å². The zero-order valence-electron chi connectivity index (χ0n) is 14.3. The van der Waals surface area contributed by atoms with Gasteiger partial charge in [0.1, 0.15) is 35.1 Å². The van der Waals surface area contributed by atoms with Crippen molar-refractivity contribution >= 4 is 29.0 Å². The molecule has 140 valence electrons. The Bertz CT molecular complexity index is 1130. The lowest BCUT2D eigenvalue weighted by Crippen LogP contribution is -2.33. The molecular formula is C16H12FN9O2. The SMILES string of the molecule is Cc1cc(F)c(C2N=C(NC#N)Nc3nc(N)c(C#N)c(N)c32)c([N+](=O)[O-])c1.